The zero-order valence-corrected chi connectivity index (χ0v) is 15.6. The Morgan fingerprint density at radius 2 is 0.636 bits per heavy atom. The molecule has 2 amide bonds. The van der Waals surface area contributed by atoms with Crippen LogP contribution in [0.4, 0.5) is 9.59 Å². The van der Waals surface area contributed by atoms with Crippen LogP contribution in [0.2, 0.25) is 0 Å². The molecule has 0 fully saturated rings. The van der Waals surface area contributed by atoms with Gasteiger partial charge in [0, 0.05) is 0 Å². The molecule has 0 aromatic heterocycles. The third-order valence-corrected chi connectivity index (χ3v) is 1.33. The maximum atomic E-state index is 9.09. The molecule has 0 spiro atoms. The van der Waals surface area contributed by atoms with E-state index in [9.17, 15) is 0 Å². The molecule has 2 aromatic rings. The second-order valence-electron chi connectivity index (χ2n) is 2.99. The van der Waals surface area contributed by atoms with E-state index in [1.165, 1.54) is 0 Å². The van der Waals surface area contributed by atoms with Gasteiger partial charge in [-0.25, -0.2) is 0 Å². The summed E-state index contributed by atoms with van der Waals surface area (Å²) in [6, 6.07) is 24.0. The van der Waals surface area contributed by atoms with Crippen molar-refractivity contribution in [3.63, 3.8) is 0 Å². The maximum absolute atomic E-state index is 9.09. The fourth-order valence-electron chi connectivity index (χ4n) is 0.770. The Kier molecular flexibility index (Phi) is 33.2. The van der Waals surface area contributed by atoms with Gasteiger partial charge in [0.15, 0.2) is 0 Å². The van der Waals surface area contributed by atoms with Crippen molar-refractivity contribution in [3.05, 3.63) is 72.8 Å². The number of hydrogen-bond donors (Lipinski definition) is 4. The third kappa shape index (κ3) is 50.8. The summed E-state index contributed by atoms with van der Waals surface area (Å²) in [5.41, 5.74) is 8.67. The van der Waals surface area contributed by atoms with Gasteiger partial charge in [-0.1, -0.05) is 105 Å². The van der Waals surface area contributed by atoms with Gasteiger partial charge in [-0.3, -0.25) is 9.59 Å². The van der Waals surface area contributed by atoms with Gasteiger partial charge in [-0.05, 0) is 0 Å². The molecule has 4 nitrogen and oxygen atoms in total. The van der Waals surface area contributed by atoms with Crippen LogP contribution in [0.1, 0.15) is 8.85 Å². The molecule has 2 aromatic carbocycles. The second kappa shape index (κ2) is 25.1. The number of amides is 2. The molecule has 0 radical (unpaired) electrons. The van der Waals surface area contributed by atoms with Gasteiger partial charge in [-0.2, -0.15) is 0 Å². The average Bonchev–Trinajstić information content (AvgIpc) is 2.42. The Bertz CT molecular complexity index is 347. The molecule has 0 unspecified atom stereocenters. The van der Waals surface area contributed by atoms with E-state index in [1.54, 1.807) is 0 Å². The van der Waals surface area contributed by atoms with Crippen molar-refractivity contribution in [1.82, 2.24) is 0 Å². The summed E-state index contributed by atoms with van der Waals surface area (Å²) in [7, 11) is 0. The predicted molar refractivity (Wildman–Crippen MR) is 97.9 cm³/mol. The van der Waals surface area contributed by atoms with Crippen LogP contribution in [-0.2, 0) is 0 Å². The SMILES string of the molecule is C.NC(=O)S.NC(=O)S.[H-].[Na+].c1ccccc1.c1ccccc1. The first-order valence-corrected chi connectivity index (χ1v) is 6.33. The van der Waals surface area contributed by atoms with E-state index >= 15 is 0 Å². The van der Waals surface area contributed by atoms with Crippen molar-refractivity contribution in [1.29, 1.82) is 0 Å². The molecular formula is C15H23N2NaO2S2. The first kappa shape index (κ1) is 29.1. The number of hydrogen-bond acceptors (Lipinski definition) is 2. The van der Waals surface area contributed by atoms with Crippen LogP contribution >= 0.6 is 25.3 Å². The quantitative estimate of drug-likeness (QED) is 0.424. The van der Waals surface area contributed by atoms with Crippen LogP contribution in [0.3, 0.4) is 0 Å². The fraction of sp³-hybridized carbons (Fsp3) is 0.0667. The van der Waals surface area contributed by atoms with Crippen molar-refractivity contribution in [2.75, 3.05) is 0 Å². The monoisotopic (exact) mass is 350 g/mol. The normalized spacial score (nSPS) is 6.64. The van der Waals surface area contributed by atoms with Gasteiger partial charge < -0.3 is 12.9 Å². The first-order valence-electron chi connectivity index (χ1n) is 5.43. The van der Waals surface area contributed by atoms with E-state index < -0.39 is 10.5 Å². The van der Waals surface area contributed by atoms with Crippen LogP contribution in [0.5, 0.6) is 0 Å². The molecule has 0 aliphatic heterocycles. The van der Waals surface area contributed by atoms with Gasteiger partial charge >= 0.3 is 29.6 Å². The van der Waals surface area contributed by atoms with E-state index in [0.717, 1.165) is 0 Å². The molecule has 118 valence electrons. The number of benzene rings is 2. The molecule has 0 aliphatic carbocycles. The van der Waals surface area contributed by atoms with E-state index in [4.69, 9.17) is 9.59 Å². The Morgan fingerprint density at radius 3 is 0.682 bits per heavy atom. The van der Waals surface area contributed by atoms with E-state index in [2.05, 4.69) is 36.7 Å². The standard InChI is InChI=1S/2C6H6.2CH3NOS.CH4.Na.H/c2*1-2-4-6-5-3-1;2*2-1(3)4;;;/h2*1-6H;2*(H3,2,3,4);1H4;;/q;;;;;+1;-1. The molecule has 0 atom stereocenters. The predicted octanol–water partition coefficient (Wildman–Crippen LogP) is 1.12. The minimum atomic E-state index is -0.639. The number of carbonyl (C=O) groups is 2. The Morgan fingerprint density at radius 1 is 0.591 bits per heavy atom. The van der Waals surface area contributed by atoms with Crippen LogP contribution in [-0.4, -0.2) is 10.5 Å². The van der Waals surface area contributed by atoms with Crippen molar-refractivity contribution in [2.24, 2.45) is 11.5 Å². The average molecular weight is 350 g/mol. The number of thiol groups is 2. The third-order valence-electron chi connectivity index (χ3n) is 1.33. The Labute approximate surface area is 167 Å². The Balaban J connectivity index is -0.0000000613. The zero-order valence-electron chi connectivity index (χ0n) is 12.8. The minimum absolute atomic E-state index is 0. The van der Waals surface area contributed by atoms with Crippen molar-refractivity contribution < 1.29 is 40.6 Å². The minimum Gasteiger partial charge on any atom is -1.00 e. The smallest absolute Gasteiger partial charge is 1.00 e. The first-order chi connectivity index (χ1) is 9.46. The van der Waals surface area contributed by atoms with Crippen molar-refractivity contribution in [3.8, 4) is 0 Å². The van der Waals surface area contributed by atoms with Crippen LogP contribution in [0, 0.1) is 0 Å². The topological polar surface area (TPSA) is 86.2 Å². The molecule has 0 saturated carbocycles. The molecule has 0 heterocycles. The zero-order chi connectivity index (χ0) is 15.6. The fourth-order valence-corrected chi connectivity index (χ4v) is 0.770. The number of nitrogens with two attached hydrogens (primary N) is 2. The van der Waals surface area contributed by atoms with E-state index in [1.807, 2.05) is 72.8 Å². The number of primary amides is 2. The molecule has 4 N–H and O–H groups in total. The van der Waals surface area contributed by atoms with Gasteiger partial charge in [0.25, 0.3) is 10.5 Å². The molecule has 2 rings (SSSR count). The van der Waals surface area contributed by atoms with Crippen LogP contribution in [0.15, 0.2) is 72.8 Å². The van der Waals surface area contributed by atoms with E-state index in [-0.39, 0.29) is 38.4 Å². The summed E-state index contributed by atoms with van der Waals surface area (Å²) in [6.07, 6.45) is 0. The largest absolute Gasteiger partial charge is 1.00 e. The summed E-state index contributed by atoms with van der Waals surface area (Å²) in [5, 5.41) is -1.28. The molecule has 0 saturated heterocycles. The van der Waals surface area contributed by atoms with Gasteiger partial charge in [0.1, 0.15) is 0 Å². The molecular weight excluding hydrogens is 327 g/mol. The van der Waals surface area contributed by atoms with Gasteiger partial charge in [0.2, 0.25) is 0 Å². The van der Waals surface area contributed by atoms with Crippen LogP contribution < -0.4 is 41.0 Å². The van der Waals surface area contributed by atoms with Crippen molar-refractivity contribution in [2.45, 2.75) is 7.43 Å². The van der Waals surface area contributed by atoms with Gasteiger partial charge in [0.05, 0.1) is 0 Å². The summed E-state index contributed by atoms with van der Waals surface area (Å²) in [5.74, 6) is 0. The van der Waals surface area contributed by atoms with Gasteiger partial charge in [-0.15, -0.1) is 0 Å². The maximum Gasteiger partial charge on any atom is 1.00 e. The Hall–Kier alpha value is -0.920. The molecule has 0 bridgehead atoms. The molecule has 0 aliphatic rings. The van der Waals surface area contributed by atoms with E-state index in [0.29, 0.717) is 0 Å². The number of rotatable bonds is 0. The molecule has 22 heavy (non-hydrogen) atoms. The summed E-state index contributed by atoms with van der Waals surface area (Å²) < 4.78 is 0. The summed E-state index contributed by atoms with van der Waals surface area (Å²) >= 11 is 6.21. The summed E-state index contributed by atoms with van der Waals surface area (Å²) in [4.78, 5) is 18.2. The summed E-state index contributed by atoms with van der Waals surface area (Å²) in [6.45, 7) is 0. The molecule has 7 heteroatoms. The van der Waals surface area contributed by atoms with Crippen LogP contribution in [0.25, 0.3) is 0 Å². The number of carbonyl (C=O) groups excluding carboxylic acids is 2. The second-order valence-corrected chi connectivity index (χ2v) is 3.87. The van der Waals surface area contributed by atoms with Crippen molar-refractivity contribution >= 4 is 35.7 Å².